The molecule has 2 rings (SSSR count). The maximum absolute atomic E-state index is 12.2. The number of carbonyl (C=O) groups excluding carboxylic acids is 1. The molecule has 0 radical (unpaired) electrons. The molecule has 1 aromatic carbocycles. The standard InChI is InChI=1S/C16H25N3O2/c1-12-7-8-17-15(12)16(20)18-13-5-4-6-14(11-13)21-10-9-19(2)3/h4-6,11-12,15,17H,7-10H2,1-3H3,(H,18,20). The van der Waals surface area contributed by atoms with Gasteiger partial charge in [0.25, 0.3) is 0 Å². The molecule has 0 spiro atoms. The highest BCUT2D eigenvalue weighted by Gasteiger charge is 2.29. The van der Waals surface area contributed by atoms with Gasteiger partial charge in [0.2, 0.25) is 5.91 Å². The summed E-state index contributed by atoms with van der Waals surface area (Å²) < 4.78 is 5.68. The predicted octanol–water partition coefficient (Wildman–Crippen LogP) is 1.56. The van der Waals surface area contributed by atoms with Crippen molar-refractivity contribution in [3.63, 3.8) is 0 Å². The molecule has 1 amide bonds. The Labute approximate surface area is 126 Å². The summed E-state index contributed by atoms with van der Waals surface area (Å²) in [5, 5.41) is 6.20. The number of nitrogens with one attached hydrogen (secondary N) is 2. The Morgan fingerprint density at radius 2 is 2.29 bits per heavy atom. The summed E-state index contributed by atoms with van der Waals surface area (Å²) in [4.78, 5) is 14.3. The van der Waals surface area contributed by atoms with Gasteiger partial charge in [-0.1, -0.05) is 13.0 Å². The minimum atomic E-state index is -0.0942. The lowest BCUT2D eigenvalue weighted by atomic mass is 10.0. The molecule has 1 aliphatic heterocycles. The molecule has 0 saturated carbocycles. The van der Waals surface area contributed by atoms with Gasteiger partial charge in [-0.3, -0.25) is 4.79 Å². The van der Waals surface area contributed by atoms with Crippen molar-refractivity contribution in [1.29, 1.82) is 0 Å². The molecule has 1 heterocycles. The average Bonchev–Trinajstić information content (AvgIpc) is 2.85. The summed E-state index contributed by atoms with van der Waals surface area (Å²) in [6.45, 7) is 4.50. The fraction of sp³-hybridized carbons (Fsp3) is 0.562. The second-order valence-corrected chi connectivity index (χ2v) is 5.87. The fourth-order valence-electron chi connectivity index (χ4n) is 2.42. The van der Waals surface area contributed by atoms with Crippen LogP contribution in [0.3, 0.4) is 0 Å². The molecular weight excluding hydrogens is 266 g/mol. The molecule has 2 N–H and O–H groups in total. The lowest BCUT2D eigenvalue weighted by Gasteiger charge is -2.16. The van der Waals surface area contributed by atoms with E-state index in [1.54, 1.807) is 0 Å². The lowest BCUT2D eigenvalue weighted by Crippen LogP contribution is -2.39. The van der Waals surface area contributed by atoms with Crippen molar-refractivity contribution < 1.29 is 9.53 Å². The van der Waals surface area contributed by atoms with Gasteiger partial charge in [0.1, 0.15) is 12.4 Å². The molecule has 1 saturated heterocycles. The molecular formula is C16H25N3O2. The molecule has 116 valence electrons. The van der Waals surface area contributed by atoms with Gasteiger partial charge in [-0.15, -0.1) is 0 Å². The SMILES string of the molecule is CC1CCNC1C(=O)Nc1cccc(OCCN(C)C)c1. The van der Waals surface area contributed by atoms with Crippen LogP contribution in [0.25, 0.3) is 0 Å². The van der Waals surface area contributed by atoms with Crippen molar-refractivity contribution in [2.75, 3.05) is 39.1 Å². The Morgan fingerprint density at radius 3 is 2.95 bits per heavy atom. The Bertz CT molecular complexity index is 476. The van der Waals surface area contributed by atoms with E-state index in [9.17, 15) is 4.79 Å². The molecule has 1 aliphatic rings. The van der Waals surface area contributed by atoms with Gasteiger partial charge in [0, 0.05) is 18.3 Å². The topological polar surface area (TPSA) is 53.6 Å². The molecule has 0 aliphatic carbocycles. The second-order valence-electron chi connectivity index (χ2n) is 5.87. The van der Waals surface area contributed by atoms with Crippen LogP contribution < -0.4 is 15.4 Å². The average molecular weight is 291 g/mol. The van der Waals surface area contributed by atoms with Crippen molar-refractivity contribution in [1.82, 2.24) is 10.2 Å². The third-order valence-electron chi connectivity index (χ3n) is 3.72. The zero-order valence-electron chi connectivity index (χ0n) is 13.1. The quantitative estimate of drug-likeness (QED) is 0.835. The van der Waals surface area contributed by atoms with Crippen LogP contribution in [0.2, 0.25) is 0 Å². The highest BCUT2D eigenvalue weighted by molar-refractivity contribution is 5.95. The van der Waals surface area contributed by atoms with Crippen molar-refractivity contribution in [2.24, 2.45) is 5.92 Å². The van der Waals surface area contributed by atoms with Gasteiger partial charge < -0.3 is 20.3 Å². The zero-order valence-corrected chi connectivity index (χ0v) is 13.1. The summed E-state index contributed by atoms with van der Waals surface area (Å²) >= 11 is 0. The first-order chi connectivity index (χ1) is 10.1. The number of nitrogens with zero attached hydrogens (tertiary/aromatic N) is 1. The van der Waals surface area contributed by atoms with E-state index >= 15 is 0 Å². The molecule has 1 fully saturated rings. The van der Waals surface area contributed by atoms with Gasteiger partial charge in [-0.25, -0.2) is 0 Å². The Balaban J connectivity index is 1.89. The number of amides is 1. The molecule has 0 bridgehead atoms. The van der Waals surface area contributed by atoms with E-state index in [4.69, 9.17) is 4.74 Å². The Kier molecular flexibility index (Phi) is 5.59. The van der Waals surface area contributed by atoms with Crippen molar-refractivity contribution >= 4 is 11.6 Å². The van der Waals surface area contributed by atoms with E-state index in [0.717, 1.165) is 30.9 Å². The van der Waals surface area contributed by atoms with E-state index < -0.39 is 0 Å². The van der Waals surface area contributed by atoms with Crippen molar-refractivity contribution in [3.8, 4) is 5.75 Å². The van der Waals surface area contributed by atoms with Crippen molar-refractivity contribution in [3.05, 3.63) is 24.3 Å². The molecule has 2 unspecified atom stereocenters. The van der Waals surface area contributed by atoms with Crippen LogP contribution in [0.4, 0.5) is 5.69 Å². The Morgan fingerprint density at radius 1 is 1.48 bits per heavy atom. The van der Waals surface area contributed by atoms with Crippen LogP contribution in [-0.4, -0.2) is 50.6 Å². The highest BCUT2D eigenvalue weighted by atomic mass is 16.5. The van der Waals surface area contributed by atoms with Crippen LogP contribution in [0.5, 0.6) is 5.75 Å². The minimum absolute atomic E-state index is 0.0328. The van der Waals surface area contributed by atoms with Gasteiger partial charge in [0.15, 0.2) is 0 Å². The van der Waals surface area contributed by atoms with E-state index in [-0.39, 0.29) is 11.9 Å². The van der Waals surface area contributed by atoms with Crippen LogP contribution in [0, 0.1) is 5.92 Å². The summed E-state index contributed by atoms with van der Waals surface area (Å²) in [5.74, 6) is 1.19. The van der Waals surface area contributed by atoms with E-state index in [1.807, 2.05) is 38.4 Å². The molecule has 1 aromatic rings. The highest BCUT2D eigenvalue weighted by Crippen LogP contribution is 2.20. The summed E-state index contributed by atoms with van der Waals surface area (Å²) in [5.41, 5.74) is 0.781. The summed E-state index contributed by atoms with van der Waals surface area (Å²) in [6.07, 6.45) is 1.05. The maximum atomic E-state index is 12.2. The summed E-state index contributed by atoms with van der Waals surface area (Å²) in [7, 11) is 4.02. The predicted molar refractivity (Wildman–Crippen MR) is 84.7 cm³/mol. The Hall–Kier alpha value is -1.59. The smallest absolute Gasteiger partial charge is 0.241 e. The molecule has 5 nitrogen and oxygen atoms in total. The van der Waals surface area contributed by atoms with Crippen LogP contribution in [0.15, 0.2) is 24.3 Å². The van der Waals surface area contributed by atoms with Crippen LogP contribution in [-0.2, 0) is 4.79 Å². The number of ether oxygens (including phenoxy) is 1. The fourth-order valence-corrected chi connectivity index (χ4v) is 2.42. The number of benzene rings is 1. The number of anilines is 1. The van der Waals surface area contributed by atoms with Crippen LogP contribution in [0.1, 0.15) is 13.3 Å². The zero-order chi connectivity index (χ0) is 15.2. The summed E-state index contributed by atoms with van der Waals surface area (Å²) in [6, 6.07) is 7.46. The van der Waals surface area contributed by atoms with Gasteiger partial charge >= 0.3 is 0 Å². The number of likely N-dealkylation sites (N-methyl/N-ethyl adjacent to an activating group) is 1. The van der Waals surface area contributed by atoms with E-state index in [2.05, 4.69) is 22.5 Å². The molecule has 21 heavy (non-hydrogen) atoms. The molecule has 5 heteroatoms. The van der Waals surface area contributed by atoms with E-state index in [1.165, 1.54) is 0 Å². The first-order valence-corrected chi connectivity index (χ1v) is 7.48. The number of hydrogen-bond acceptors (Lipinski definition) is 4. The maximum Gasteiger partial charge on any atom is 0.241 e. The van der Waals surface area contributed by atoms with Gasteiger partial charge in [-0.05, 0) is 45.1 Å². The number of carbonyl (C=O) groups is 1. The number of rotatable bonds is 6. The monoisotopic (exact) mass is 291 g/mol. The third-order valence-corrected chi connectivity index (χ3v) is 3.72. The van der Waals surface area contributed by atoms with Gasteiger partial charge in [0.05, 0.1) is 6.04 Å². The second kappa shape index (κ2) is 7.43. The first kappa shape index (κ1) is 15.8. The van der Waals surface area contributed by atoms with E-state index in [0.29, 0.717) is 12.5 Å². The third kappa shape index (κ3) is 4.72. The van der Waals surface area contributed by atoms with Crippen LogP contribution >= 0.6 is 0 Å². The number of hydrogen-bond donors (Lipinski definition) is 2. The first-order valence-electron chi connectivity index (χ1n) is 7.48. The molecule has 0 aromatic heterocycles. The van der Waals surface area contributed by atoms with Gasteiger partial charge in [-0.2, -0.15) is 0 Å². The largest absolute Gasteiger partial charge is 0.492 e. The molecule has 2 atom stereocenters. The lowest BCUT2D eigenvalue weighted by molar-refractivity contribution is -0.118. The normalized spacial score (nSPS) is 21.5. The van der Waals surface area contributed by atoms with Crippen molar-refractivity contribution in [2.45, 2.75) is 19.4 Å². The minimum Gasteiger partial charge on any atom is -0.492 e.